The van der Waals surface area contributed by atoms with Crippen molar-refractivity contribution >= 4 is 18.7 Å². The Morgan fingerprint density at radius 1 is 0.733 bits per heavy atom. The minimum atomic E-state index is 0. The van der Waals surface area contributed by atoms with Crippen molar-refractivity contribution in [3.8, 4) is 0 Å². The predicted molar refractivity (Wildman–Crippen MR) is 69.8 cm³/mol. The van der Waals surface area contributed by atoms with E-state index in [0.717, 1.165) is 19.1 Å². The molecule has 2 heteroatoms. The second-order valence-electron chi connectivity index (χ2n) is 4.14. The van der Waals surface area contributed by atoms with Gasteiger partial charge in [-0.1, -0.05) is 64.7 Å². The predicted octanol–water partition coefficient (Wildman–Crippen LogP) is 4.92. The first-order valence-electron chi connectivity index (χ1n) is 6.35. The summed E-state index contributed by atoms with van der Waals surface area (Å²) in [6.07, 6.45) is 15.2. The van der Waals surface area contributed by atoms with Gasteiger partial charge in [-0.05, 0) is 6.42 Å². The van der Waals surface area contributed by atoms with E-state index in [1.54, 1.807) is 0 Å². The molecule has 0 aromatic rings. The quantitative estimate of drug-likeness (QED) is 0.366. The van der Waals surface area contributed by atoms with Crippen LogP contribution in [-0.2, 0) is 4.79 Å². The van der Waals surface area contributed by atoms with Gasteiger partial charge in [0, 0.05) is 6.42 Å². The van der Waals surface area contributed by atoms with Crippen LogP contribution in [0.3, 0.4) is 0 Å². The van der Waals surface area contributed by atoms with Crippen molar-refractivity contribution in [1.29, 1.82) is 0 Å². The van der Waals surface area contributed by atoms with E-state index in [-0.39, 0.29) is 12.4 Å². The number of hydrogen-bond donors (Lipinski definition) is 0. The molecule has 0 saturated heterocycles. The summed E-state index contributed by atoms with van der Waals surface area (Å²) in [7, 11) is 0. The second kappa shape index (κ2) is 16.4. The molecular formula is C13H27ClO. The molecule has 0 aliphatic carbocycles. The van der Waals surface area contributed by atoms with Crippen LogP contribution in [0.25, 0.3) is 0 Å². The van der Waals surface area contributed by atoms with Crippen LogP contribution < -0.4 is 0 Å². The Bertz CT molecular complexity index is 115. The molecule has 0 fully saturated rings. The van der Waals surface area contributed by atoms with E-state index in [1.165, 1.54) is 57.8 Å². The van der Waals surface area contributed by atoms with Gasteiger partial charge in [-0.25, -0.2) is 0 Å². The van der Waals surface area contributed by atoms with Crippen LogP contribution in [0.5, 0.6) is 0 Å². The summed E-state index contributed by atoms with van der Waals surface area (Å²) >= 11 is 0. The standard InChI is InChI=1S/C13H26O.ClH/c1-2-3-4-5-6-7-8-9-10-11-12-13-14;/h13H,2-12H2,1H3;1H. The highest BCUT2D eigenvalue weighted by molar-refractivity contribution is 5.85. The fraction of sp³-hybridized carbons (Fsp3) is 0.923. The van der Waals surface area contributed by atoms with E-state index in [9.17, 15) is 4.79 Å². The van der Waals surface area contributed by atoms with E-state index in [1.807, 2.05) is 0 Å². The van der Waals surface area contributed by atoms with E-state index in [2.05, 4.69) is 6.92 Å². The minimum absolute atomic E-state index is 0. The Balaban J connectivity index is 0. The Labute approximate surface area is 101 Å². The van der Waals surface area contributed by atoms with Crippen LogP contribution in [0, 0.1) is 0 Å². The van der Waals surface area contributed by atoms with Gasteiger partial charge in [0.05, 0.1) is 0 Å². The second-order valence-corrected chi connectivity index (χ2v) is 4.14. The Hall–Kier alpha value is -0.0400. The Kier molecular flexibility index (Phi) is 19.0. The molecule has 1 nitrogen and oxygen atoms in total. The molecule has 0 N–H and O–H groups in total. The summed E-state index contributed by atoms with van der Waals surface area (Å²) in [5.74, 6) is 0. The van der Waals surface area contributed by atoms with Crippen LogP contribution in [0.4, 0.5) is 0 Å². The number of carbonyl (C=O) groups is 1. The first-order chi connectivity index (χ1) is 6.91. The molecule has 0 amide bonds. The number of aldehydes is 1. The molecule has 15 heavy (non-hydrogen) atoms. The van der Waals surface area contributed by atoms with E-state index < -0.39 is 0 Å². The number of halogens is 1. The van der Waals surface area contributed by atoms with Gasteiger partial charge in [-0.15, -0.1) is 12.4 Å². The maximum absolute atomic E-state index is 10.0. The maximum atomic E-state index is 10.0. The Morgan fingerprint density at radius 2 is 1.13 bits per heavy atom. The molecule has 0 aromatic carbocycles. The van der Waals surface area contributed by atoms with Crippen LogP contribution in [0.15, 0.2) is 0 Å². The summed E-state index contributed by atoms with van der Waals surface area (Å²) in [5, 5.41) is 0. The molecule has 0 heterocycles. The number of rotatable bonds is 11. The molecule has 0 rings (SSSR count). The van der Waals surface area contributed by atoms with Crippen molar-refractivity contribution in [2.75, 3.05) is 0 Å². The minimum Gasteiger partial charge on any atom is -0.303 e. The highest BCUT2D eigenvalue weighted by Gasteiger charge is 1.91. The monoisotopic (exact) mass is 234 g/mol. The van der Waals surface area contributed by atoms with Crippen LogP contribution in [0.1, 0.15) is 77.6 Å². The van der Waals surface area contributed by atoms with Gasteiger partial charge >= 0.3 is 0 Å². The van der Waals surface area contributed by atoms with Crippen molar-refractivity contribution in [3.63, 3.8) is 0 Å². The zero-order chi connectivity index (χ0) is 10.5. The largest absolute Gasteiger partial charge is 0.303 e. The topological polar surface area (TPSA) is 17.1 Å². The fourth-order valence-corrected chi connectivity index (χ4v) is 1.72. The van der Waals surface area contributed by atoms with Crippen molar-refractivity contribution < 1.29 is 4.79 Å². The van der Waals surface area contributed by atoms with E-state index in [4.69, 9.17) is 0 Å². The third kappa shape index (κ3) is 16.6. The third-order valence-corrected chi connectivity index (χ3v) is 2.68. The molecule has 0 radical (unpaired) electrons. The lowest BCUT2D eigenvalue weighted by Gasteiger charge is -2.00. The molecule has 92 valence electrons. The van der Waals surface area contributed by atoms with Gasteiger partial charge in [0.25, 0.3) is 0 Å². The summed E-state index contributed by atoms with van der Waals surface area (Å²) in [5.41, 5.74) is 0. The van der Waals surface area contributed by atoms with E-state index in [0.29, 0.717) is 0 Å². The highest BCUT2D eigenvalue weighted by atomic mass is 35.5. The highest BCUT2D eigenvalue weighted by Crippen LogP contribution is 2.10. The van der Waals surface area contributed by atoms with Crippen molar-refractivity contribution in [3.05, 3.63) is 0 Å². The maximum Gasteiger partial charge on any atom is 0.119 e. The smallest absolute Gasteiger partial charge is 0.119 e. The van der Waals surface area contributed by atoms with E-state index >= 15 is 0 Å². The number of hydrogen-bond acceptors (Lipinski definition) is 1. The average Bonchev–Trinajstić information content (AvgIpc) is 2.21. The summed E-state index contributed by atoms with van der Waals surface area (Å²) < 4.78 is 0. The lowest BCUT2D eigenvalue weighted by atomic mass is 10.1. The average molecular weight is 235 g/mol. The zero-order valence-electron chi connectivity index (χ0n) is 10.2. The number of unbranched alkanes of at least 4 members (excludes halogenated alkanes) is 10. The van der Waals surface area contributed by atoms with Gasteiger partial charge < -0.3 is 4.79 Å². The van der Waals surface area contributed by atoms with Gasteiger partial charge in [0.1, 0.15) is 6.29 Å². The van der Waals surface area contributed by atoms with Crippen molar-refractivity contribution in [2.24, 2.45) is 0 Å². The molecule has 0 atom stereocenters. The molecule has 0 bridgehead atoms. The van der Waals surface area contributed by atoms with Gasteiger partial charge in [0.15, 0.2) is 0 Å². The van der Waals surface area contributed by atoms with Gasteiger partial charge in [0.2, 0.25) is 0 Å². The zero-order valence-corrected chi connectivity index (χ0v) is 11.0. The molecule has 0 saturated carbocycles. The molecular weight excluding hydrogens is 208 g/mol. The van der Waals surface area contributed by atoms with Crippen molar-refractivity contribution in [1.82, 2.24) is 0 Å². The third-order valence-electron chi connectivity index (χ3n) is 2.68. The van der Waals surface area contributed by atoms with Gasteiger partial charge in [-0.3, -0.25) is 0 Å². The fourth-order valence-electron chi connectivity index (χ4n) is 1.72. The molecule has 0 aromatic heterocycles. The van der Waals surface area contributed by atoms with Gasteiger partial charge in [-0.2, -0.15) is 0 Å². The molecule has 0 spiro atoms. The normalized spacial score (nSPS) is 9.67. The van der Waals surface area contributed by atoms with Crippen molar-refractivity contribution in [2.45, 2.75) is 77.6 Å². The summed E-state index contributed by atoms with van der Waals surface area (Å²) in [6.45, 7) is 2.26. The first kappa shape index (κ1) is 17.4. The molecule has 0 unspecified atom stereocenters. The SMILES string of the molecule is CCCCCCCCCCCCC=O.Cl. The number of carbonyl (C=O) groups excluding carboxylic acids is 1. The molecule has 0 aliphatic heterocycles. The van der Waals surface area contributed by atoms with Crippen LogP contribution in [0.2, 0.25) is 0 Å². The first-order valence-corrected chi connectivity index (χ1v) is 6.35. The van der Waals surface area contributed by atoms with Crippen LogP contribution in [-0.4, -0.2) is 6.29 Å². The lowest BCUT2D eigenvalue weighted by Crippen LogP contribution is -1.82. The molecule has 0 aliphatic rings. The summed E-state index contributed by atoms with van der Waals surface area (Å²) in [4.78, 5) is 10.0. The van der Waals surface area contributed by atoms with Crippen LogP contribution >= 0.6 is 12.4 Å². The lowest BCUT2D eigenvalue weighted by molar-refractivity contribution is -0.107. The Morgan fingerprint density at radius 3 is 1.53 bits per heavy atom. The summed E-state index contributed by atoms with van der Waals surface area (Å²) in [6, 6.07) is 0.